The Bertz CT molecular complexity index is 2970. The summed E-state index contributed by atoms with van der Waals surface area (Å²) < 4.78 is 6.89. The van der Waals surface area contributed by atoms with Crippen LogP contribution in [0, 0.1) is 17.2 Å². The number of piperidine rings is 1. The number of esters is 1. The Morgan fingerprint density at radius 1 is 0.944 bits per heavy atom. The van der Waals surface area contributed by atoms with Gasteiger partial charge in [0.1, 0.15) is 12.7 Å². The first-order chi connectivity index (χ1) is 34.9. The monoisotopic (exact) mass is 994 g/mol. The number of hydrogen-bond acceptors (Lipinski definition) is 13. The van der Waals surface area contributed by atoms with Gasteiger partial charge in [-0.25, -0.2) is 9.78 Å². The smallest absolute Gasteiger partial charge is 0.343 e. The summed E-state index contributed by atoms with van der Waals surface area (Å²) in [6, 6.07) is 21.7. The minimum Gasteiger partial charge on any atom is -0.458 e. The molecule has 2 aromatic carbocycles. The van der Waals surface area contributed by atoms with Crippen molar-refractivity contribution in [3.8, 4) is 17.5 Å². The van der Waals surface area contributed by atoms with E-state index in [4.69, 9.17) is 21.3 Å². The van der Waals surface area contributed by atoms with E-state index in [1.165, 1.54) is 0 Å². The zero-order valence-electron chi connectivity index (χ0n) is 41.2. The lowest BCUT2D eigenvalue weighted by Crippen LogP contribution is -2.48. The van der Waals surface area contributed by atoms with Gasteiger partial charge in [0.15, 0.2) is 17.1 Å². The van der Waals surface area contributed by atoms with Crippen molar-refractivity contribution in [1.82, 2.24) is 34.9 Å². The molecule has 17 heteroatoms. The highest BCUT2D eigenvalue weighted by atomic mass is 35.5. The van der Waals surface area contributed by atoms with Gasteiger partial charge in [-0.3, -0.25) is 19.3 Å². The van der Waals surface area contributed by atoms with E-state index in [1.54, 1.807) is 29.7 Å². The second kappa shape index (κ2) is 21.0. The fourth-order valence-electron chi connectivity index (χ4n) is 11.6. The van der Waals surface area contributed by atoms with E-state index < -0.39 is 11.6 Å². The van der Waals surface area contributed by atoms with Gasteiger partial charge in [0.05, 0.1) is 39.6 Å². The Balaban J connectivity index is 0.618. The van der Waals surface area contributed by atoms with Gasteiger partial charge in [0, 0.05) is 93.6 Å². The van der Waals surface area contributed by atoms with Crippen LogP contribution in [0.4, 0.5) is 11.5 Å². The minimum atomic E-state index is -1.86. The zero-order chi connectivity index (χ0) is 50.1. The van der Waals surface area contributed by atoms with Crippen LogP contribution in [-0.4, -0.2) is 111 Å². The zero-order valence-corrected chi connectivity index (χ0v) is 42.0. The normalized spacial score (nSPS) is 21.1. The quantitative estimate of drug-likeness (QED) is 0.0833. The molecular formula is C55H63ClN10O6. The van der Waals surface area contributed by atoms with Crippen LogP contribution in [0.2, 0.25) is 5.02 Å². The van der Waals surface area contributed by atoms with E-state index in [0.29, 0.717) is 76.8 Å². The van der Waals surface area contributed by atoms with E-state index >= 15 is 0 Å². The molecule has 5 aliphatic rings. The van der Waals surface area contributed by atoms with Crippen molar-refractivity contribution in [1.29, 1.82) is 5.26 Å². The van der Waals surface area contributed by atoms with Crippen molar-refractivity contribution in [2.45, 2.75) is 121 Å². The van der Waals surface area contributed by atoms with E-state index in [-0.39, 0.29) is 36.4 Å². The van der Waals surface area contributed by atoms with Gasteiger partial charge in [-0.1, -0.05) is 49.9 Å². The lowest BCUT2D eigenvalue weighted by Gasteiger charge is -2.36. The first-order valence-electron chi connectivity index (χ1n) is 25.8. The number of nitrogens with one attached hydrogen (secondary N) is 1. The number of rotatable bonds is 14. The molecule has 16 nitrogen and oxygen atoms in total. The summed E-state index contributed by atoms with van der Waals surface area (Å²) in [5, 5.41) is 33.9. The Hall–Kier alpha value is -6.41. The van der Waals surface area contributed by atoms with Gasteiger partial charge in [0.25, 0.3) is 11.5 Å². The van der Waals surface area contributed by atoms with Crippen LogP contribution in [0.25, 0.3) is 22.3 Å². The third-order valence-electron chi connectivity index (χ3n) is 16.1. The topological polar surface area (TPSA) is 190 Å². The highest BCUT2D eigenvalue weighted by molar-refractivity contribution is 6.32. The van der Waals surface area contributed by atoms with Crippen LogP contribution < -0.4 is 20.7 Å². The number of carbonyl (C=O) groups excluding carboxylic acids is 3. The molecule has 2 amide bonds. The number of aromatic nitrogens is 4. The van der Waals surface area contributed by atoms with Gasteiger partial charge in [-0.05, 0) is 111 Å². The number of benzene rings is 2. The summed E-state index contributed by atoms with van der Waals surface area (Å²) in [5.41, 5.74) is 4.45. The van der Waals surface area contributed by atoms with Crippen molar-refractivity contribution >= 4 is 51.8 Å². The van der Waals surface area contributed by atoms with E-state index in [0.717, 1.165) is 130 Å². The van der Waals surface area contributed by atoms with Crippen LogP contribution in [0.1, 0.15) is 122 Å². The van der Waals surface area contributed by atoms with Crippen molar-refractivity contribution in [2.75, 3.05) is 56.1 Å². The van der Waals surface area contributed by atoms with Crippen LogP contribution in [0.3, 0.4) is 0 Å². The maximum absolute atomic E-state index is 13.7. The number of carbonyl (C=O) groups is 3. The van der Waals surface area contributed by atoms with E-state index in [9.17, 15) is 29.5 Å². The number of ether oxygens (including phenoxy) is 1. The van der Waals surface area contributed by atoms with Crippen molar-refractivity contribution in [3.05, 3.63) is 110 Å². The fraction of sp³-hybridized carbons (Fsp3) is 0.491. The number of nitriles is 1. The molecule has 2 saturated heterocycles. The van der Waals surface area contributed by atoms with Gasteiger partial charge >= 0.3 is 5.97 Å². The van der Waals surface area contributed by atoms with Gasteiger partial charge in [0.2, 0.25) is 5.91 Å². The molecule has 5 aromatic rings. The number of halogens is 1. The molecule has 1 saturated carbocycles. The molecule has 4 aliphatic heterocycles. The first-order valence-corrected chi connectivity index (χ1v) is 26.2. The predicted octanol–water partition coefficient (Wildman–Crippen LogP) is 7.08. The number of fused-ring (bicyclic) bond motifs is 5. The summed E-state index contributed by atoms with van der Waals surface area (Å²) in [7, 11) is 2.05. The maximum atomic E-state index is 13.7. The molecule has 0 radical (unpaired) electrons. The van der Waals surface area contributed by atoms with Crippen LogP contribution in [0.5, 0.6) is 0 Å². The summed E-state index contributed by atoms with van der Waals surface area (Å²) in [5.74, 6) is 0.769. The van der Waals surface area contributed by atoms with Crippen LogP contribution in [-0.2, 0) is 39.6 Å². The lowest BCUT2D eigenvalue weighted by molar-refractivity contribution is -0.172. The molecule has 376 valence electrons. The predicted molar refractivity (Wildman–Crippen MR) is 275 cm³/mol. The number of hydrogen-bond donors (Lipinski definition) is 2. The largest absolute Gasteiger partial charge is 0.458 e. The maximum Gasteiger partial charge on any atom is 0.343 e. The van der Waals surface area contributed by atoms with Crippen molar-refractivity contribution in [3.63, 3.8) is 0 Å². The lowest BCUT2D eigenvalue weighted by atomic mass is 9.86. The molecule has 0 unspecified atom stereocenters. The summed E-state index contributed by atoms with van der Waals surface area (Å²) in [6.07, 6.45) is 10.7. The Kier molecular flexibility index (Phi) is 14.3. The highest BCUT2D eigenvalue weighted by Gasteiger charge is 2.45. The molecule has 0 bridgehead atoms. The van der Waals surface area contributed by atoms with Crippen molar-refractivity contribution < 1.29 is 24.2 Å². The number of aliphatic hydroxyl groups is 1. The number of amides is 2. The second-order valence-electron chi connectivity index (χ2n) is 20.4. The first kappa shape index (κ1) is 49.2. The fourth-order valence-corrected chi connectivity index (χ4v) is 11.8. The SMILES string of the molecule is CC[C@@]1(O)C(=O)OCc2c1cc1n(c2=O)Cc2cc3c(CN4CCN(C(=O)CCCCCC5CCN(c6ccc(C(=O)N[C@H]7CC[C@H](N(C)c8ccc(C#N)c(Cl)c8)CC7)nn6)CC5)CC4)cccc3nc2-1. The molecular weight excluding hydrogens is 932 g/mol. The average Bonchev–Trinajstić information content (AvgIpc) is 3.77. The second-order valence-corrected chi connectivity index (χ2v) is 20.8. The molecule has 3 aromatic heterocycles. The van der Waals surface area contributed by atoms with Crippen molar-refractivity contribution in [2.24, 2.45) is 5.92 Å². The summed E-state index contributed by atoms with van der Waals surface area (Å²) in [6.45, 7) is 7.43. The molecule has 10 rings (SSSR count). The molecule has 1 aliphatic carbocycles. The Labute approximate surface area is 424 Å². The van der Waals surface area contributed by atoms with Crippen LogP contribution >= 0.6 is 11.6 Å². The number of unbranched alkanes of at least 4 members (excludes halogenated alkanes) is 2. The molecule has 0 spiro atoms. The Morgan fingerprint density at radius 3 is 2.46 bits per heavy atom. The number of nitrogens with zero attached hydrogens (tertiary/aromatic N) is 9. The molecule has 1 atom stereocenters. The molecule has 3 fully saturated rings. The number of pyridine rings is 2. The standard InChI is InChI=1S/C55H63ClN10O6/c1-3-55(71)44-30-48-51-38(33-66(48)53(69)43(44)34-72-54(55)70)28-42-37(9-7-10-46(42)59-51)32-63-24-26-65(27-25-63)50(67)11-6-4-5-8-35-20-22-64(23-21-35)49-19-18-47(60-61-49)52(68)58-39-13-16-40(17-14-39)62(2)41-15-12-36(31-57)45(56)29-41/h7,9-10,12,15,18-19,28-30,35,39-40,71H,3-6,8,11,13-14,16-17,20-27,32-34H2,1-2H3,(H,58,68)/t39-,40-,55-/m0/s1. The third kappa shape index (κ3) is 9.90. The van der Waals surface area contributed by atoms with Gasteiger partial charge in [-0.15, -0.1) is 10.2 Å². The average molecular weight is 996 g/mol. The van der Waals surface area contributed by atoms with E-state index in [1.807, 2.05) is 35.2 Å². The minimum absolute atomic E-state index is 0.0796. The number of piperazine rings is 1. The van der Waals surface area contributed by atoms with Gasteiger partial charge < -0.3 is 34.4 Å². The third-order valence-corrected chi connectivity index (χ3v) is 16.5. The summed E-state index contributed by atoms with van der Waals surface area (Å²) in [4.78, 5) is 66.6. The molecule has 7 heterocycles. The molecule has 72 heavy (non-hydrogen) atoms. The highest BCUT2D eigenvalue weighted by Crippen LogP contribution is 2.39. The Morgan fingerprint density at radius 2 is 1.74 bits per heavy atom. The van der Waals surface area contributed by atoms with Gasteiger partial charge in [-0.2, -0.15) is 5.26 Å². The van der Waals surface area contributed by atoms with Crippen LogP contribution in [0.15, 0.2) is 65.5 Å². The molecule has 2 N–H and O–H groups in total. The summed E-state index contributed by atoms with van der Waals surface area (Å²) >= 11 is 6.28. The van der Waals surface area contributed by atoms with E-state index in [2.05, 4.69) is 55.5 Å². The number of anilines is 2. The number of cyclic esters (lactones) is 1.